The Morgan fingerprint density at radius 3 is 2.50 bits per heavy atom. The molecule has 0 aromatic rings. The van der Waals surface area contributed by atoms with Crippen LogP contribution < -0.4 is 10.6 Å². The topological polar surface area (TPSA) is 24.1 Å². The Morgan fingerprint density at radius 2 is 1.92 bits per heavy atom. The Labute approximate surface area is 75.1 Å². The van der Waals surface area contributed by atoms with E-state index in [9.17, 15) is 0 Å². The van der Waals surface area contributed by atoms with Crippen molar-refractivity contribution in [3.8, 4) is 0 Å². The third-order valence-corrected chi connectivity index (χ3v) is 3.58. The number of nitrogens with one attached hydrogen (secondary N) is 2. The van der Waals surface area contributed by atoms with Crippen LogP contribution in [-0.2, 0) is 0 Å². The summed E-state index contributed by atoms with van der Waals surface area (Å²) < 4.78 is 0. The summed E-state index contributed by atoms with van der Waals surface area (Å²) in [5, 5.41) is 7.16. The van der Waals surface area contributed by atoms with Gasteiger partial charge in [0, 0.05) is 25.2 Å². The molecule has 0 spiro atoms. The molecule has 2 N–H and O–H groups in total. The molecule has 0 aromatic carbocycles. The van der Waals surface area contributed by atoms with Crippen LogP contribution >= 0.6 is 0 Å². The molecule has 2 nitrogen and oxygen atoms in total. The second kappa shape index (κ2) is 3.35. The second-order valence-corrected chi connectivity index (χ2v) is 4.50. The summed E-state index contributed by atoms with van der Waals surface area (Å²) in [6.07, 6.45) is 5.76. The van der Waals surface area contributed by atoms with Crippen LogP contribution in [0.3, 0.4) is 0 Å². The maximum atomic E-state index is 3.67. The van der Waals surface area contributed by atoms with Crippen molar-refractivity contribution in [1.82, 2.24) is 10.6 Å². The van der Waals surface area contributed by atoms with Gasteiger partial charge in [0.05, 0.1) is 0 Å². The van der Waals surface area contributed by atoms with Gasteiger partial charge in [-0.2, -0.15) is 0 Å². The van der Waals surface area contributed by atoms with Crippen LogP contribution in [0.2, 0.25) is 0 Å². The standard InChI is InChI=1S/C10H20N2/c1-10(8-11-6-7-12-10)9-4-2-3-5-9/h9,11-12H,2-8H2,1H3. The van der Waals surface area contributed by atoms with E-state index in [4.69, 9.17) is 0 Å². The second-order valence-electron chi connectivity index (χ2n) is 4.50. The molecule has 0 bridgehead atoms. The largest absolute Gasteiger partial charge is 0.314 e. The first-order chi connectivity index (χ1) is 5.81. The van der Waals surface area contributed by atoms with Gasteiger partial charge in [0.1, 0.15) is 0 Å². The average molecular weight is 168 g/mol. The molecule has 12 heavy (non-hydrogen) atoms. The van der Waals surface area contributed by atoms with Crippen molar-refractivity contribution in [2.75, 3.05) is 19.6 Å². The smallest absolute Gasteiger partial charge is 0.0306 e. The Balaban J connectivity index is 1.97. The lowest BCUT2D eigenvalue weighted by molar-refractivity contribution is 0.200. The summed E-state index contributed by atoms with van der Waals surface area (Å²) >= 11 is 0. The molecular weight excluding hydrogens is 148 g/mol. The summed E-state index contributed by atoms with van der Waals surface area (Å²) in [6, 6.07) is 0. The monoisotopic (exact) mass is 168 g/mol. The molecule has 0 amide bonds. The molecule has 1 saturated carbocycles. The Hall–Kier alpha value is -0.0800. The average Bonchev–Trinajstić information content (AvgIpc) is 2.58. The van der Waals surface area contributed by atoms with Crippen LogP contribution in [-0.4, -0.2) is 25.2 Å². The molecule has 1 saturated heterocycles. The molecule has 2 rings (SSSR count). The van der Waals surface area contributed by atoms with Gasteiger partial charge in [0.2, 0.25) is 0 Å². The van der Waals surface area contributed by atoms with Gasteiger partial charge >= 0.3 is 0 Å². The normalized spacial score (nSPS) is 38.8. The number of hydrogen-bond donors (Lipinski definition) is 2. The van der Waals surface area contributed by atoms with Gasteiger partial charge in [-0.25, -0.2) is 0 Å². The molecule has 1 unspecified atom stereocenters. The predicted octanol–water partition coefficient (Wildman–Crippen LogP) is 1.13. The van der Waals surface area contributed by atoms with E-state index in [2.05, 4.69) is 17.6 Å². The van der Waals surface area contributed by atoms with Gasteiger partial charge in [0.25, 0.3) is 0 Å². The number of rotatable bonds is 1. The van der Waals surface area contributed by atoms with Crippen LogP contribution in [0.1, 0.15) is 32.6 Å². The summed E-state index contributed by atoms with van der Waals surface area (Å²) in [5.74, 6) is 0.922. The highest BCUT2D eigenvalue weighted by molar-refractivity contribution is 4.96. The van der Waals surface area contributed by atoms with Crippen LogP contribution in [0.4, 0.5) is 0 Å². The van der Waals surface area contributed by atoms with Gasteiger partial charge in [-0.1, -0.05) is 12.8 Å². The number of hydrogen-bond acceptors (Lipinski definition) is 2. The van der Waals surface area contributed by atoms with E-state index in [-0.39, 0.29) is 0 Å². The van der Waals surface area contributed by atoms with Crippen molar-refractivity contribution in [3.63, 3.8) is 0 Å². The predicted molar refractivity (Wildman–Crippen MR) is 51.2 cm³/mol. The molecule has 2 aliphatic rings. The van der Waals surface area contributed by atoms with Crippen molar-refractivity contribution >= 4 is 0 Å². The lowest BCUT2D eigenvalue weighted by Gasteiger charge is -2.40. The first-order valence-corrected chi connectivity index (χ1v) is 5.27. The molecular formula is C10H20N2. The molecule has 0 radical (unpaired) electrons. The number of piperazine rings is 1. The summed E-state index contributed by atoms with van der Waals surface area (Å²) in [5.41, 5.74) is 0.398. The van der Waals surface area contributed by atoms with Crippen molar-refractivity contribution in [3.05, 3.63) is 0 Å². The first kappa shape index (κ1) is 8.52. The lowest BCUT2D eigenvalue weighted by atomic mass is 9.83. The Bertz CT molecular complexity index is 144. The minimum Gasteiger partial charge on any atom is -0.314 e. The lowest BCUT2D eigenvalue weighted by Crippen LogP contribution is -2.60. The van der Waals surface area contributed by atoms with E-state index < -0.39 is 0 Å². The van der Waals surface area contributed by atoms with E-state index in [1.807, 2.05) is 0 Å². The molecule has 2 heteroatoms. The van der Waals surface area contributed by atoms with Gasteiger partial charge < -0.3 is 10.6 Å². The summed E-state index contributed by atoms with van der Waals surface area (Å²) in [4.78, 5) is 0. The fourth-order valence-electron chi connectivity index (χ4n) is 2.70. The maximum absolute atomic E-state index is 3.67. The maximum Gasteiger partial charge on any atom is 0.0306 e. The molecule has 0 aromatic heterocycles. The van der Waals surface area contributed by atoms with Gasteiger partial charge in [-0.3, -0.25) is 0 Å². The SMILES string of the molecule is CC1(C2CCCC2)CNCCN1. The van der Waals surface area contributed by atoms with Crippen LogP contribution in [0.5, 0.6) is 0 Å². The van der Waals surface area contributed by atoms with Gasteiger partial charge in [-0.05, 0) is 25.7 Å². The quantitative estimate of drug-likeness (QED) is 0.613. The minimum absolute atomic E-state index is 0.398. The molecule has 1 heterocycles. The molecule has 1 atom stereocenters. The van der Waals surface area contributed by atoms with Gasteiger partial charge in [0.15, 0.2) is 0 Å². The zero-order valence-corrected chi connectivity index (χ0v) is 8.03. The van der Waals surface area contributed by atoms with Crippen LogP contribution in [0.15, 0.2) is 0 Å². The third-order valence-electron chi connectivity index (χ3n) is 3.58. The van der Waals surface area contributed by atoms with Gasteiger partial charge in [-0.15, -0.1) is 0 Å². The van der Waals surface area contributed by atoms with E-state index in [0.717, 1.165) is 25.6 Å². The third kappa shape index (κ3) is 1.50. The van der Waals surface area contributed by atoms with E-state index in [1.54, 1.807) is 0 Å². The first-order valence-electron chi connectivity index (χ1n) is 5.27. The van der Waals surface area contributed by atoms with Crippen LogP contribution in [0, 0.1) is 5.92 Å². The fraction of sp³-hybridized carbons (Fsp3) is 1.00. The van der Waals surface area contributed by atoms with E-state index >= 15 is 0 Å². The fourth-order valence-corrected chi connectivity index (χ4v) is 2.70. The zero-order chi connectivity index (χ0) is 8.44. The molecule has 1 aliphatic heterocycles. The highest BCUT2D eigenvalue weighted by Crippen LogP contribution is 2.34. The summed E-state index contributed by atoms with van der Waals surface area (Å²) in [7, 11) is 0. The molecule has 2 fully saturated rings. The van der Waals surface area contributed by atoms with Crippen molar-refractivity contribution in [2.24, 2.45) is 5.92 Å². The zero-order valence-electron chi connectivity index (χ0n) is 8.03. The van der Waals surface area contributed by atoms with Crippen molar-refractivity contribution in [1.29, 1.82) is 0 Å². The Morgan fingerprint density at radius 1 is 1.17 bits per heavy atom. The summed E-state index contributed by atoms with van der Waals surface area (Å²) in [6.45, 7) is 5.84. The molecule has 70 valence electrons. The van der Waals surface area contributed by atoms with E-state index in [0.29, 0.717) is 5.54 Å². The highest BCUT2D eigenvalue weighted by atomic mass is 15.1. The highest BCUT2D eigenvalue weighted by Gasteiger charge is 2.36. The van der Waals surface area contributed by atoms with Crippen LogP contribution in [0.25, 0.3) is 0 Å². The minimum atomic E-state index is 0.398. The Kier molecular flexibility index (Phi) is 2.37. The van der Waals surface area contributed by atoms with E-state index in [1.165, 1.54) is 25.7 Å². The molecule has 1 aliphatic carbocycles. The van der Waals surface area contributed by atoms with Crippen molar-refractivity contribution in [2.45, 2.75) is 38.1 Å². The van der Waals surface area contributed by atoms with Crippen molar-refractivity contribution < 1.29 is 0 Å².